The number of carbonyl (C=O) groups excluding carboxylic acids is 1. The molecule has 2 aromatic rings. The molecule has 2 N–H and O–H groups in total. The highest BCUT2D eigenvalue weighted by Gasteiger charge is 2.11. The Balaban J connectivity index is 0.000000956. The van der Waals surface area contributed by atoms with Crippen molar-refractivity contribution >= 4 is 5.91 Å². The van der Waals surface area contributed by atoms with Gasteiger partial charge in [0.05, 0.1) is 0 Å². The zero-order valence-corrected chi connectivity index (χ0v) is 12.4. The minimum absolute atomic E-state index is 0.162. The van der Waals surface area contributed by atoms with Gasteiger partial charge in [-0.05, 0) is 32.0 Å². The van der Waals surface area contributed by atoms with Crippen molar-refractivity contribution in [1.82, 2.24) is 0 Å². The summed E-state index contributed by atoms with van der Waals surface area (Å²) in [5.74, 6) is 1.02. The van der Waals surface area contributed by atoms with Crippen molar-refractivity contribution in [2.45, 2.75) is 34.3 Å². The lowest BCUT2D eigenvalue weighted by Crippen LogP contribution is -2.09. The van der Waals surface area contributed by atoms with Crippen LogP contribution in [0.15, 0.2) is 34.7 Å². The first-order valence-electron chi connectivity index (χ1n) is 6.65. The van der Waals surface area contributed by atoms with Crippen LogP contribution in [0.5, 0.6) is 5.75 Å². The van der Waals surface area contributed by atoms with Gasteiger partial charge in [0.2, 0.25) is 0 Å². The molecular formula is C16H21NO3. The van der Waals surface area contributed by atoms with Gasteiger partial charge in [0, 0.05) is 5.56 Å². The van der Waals surface area contributed by atoms with Crippen LogP contribution in [0.3, 0.4) is 0 Å². The van der Waals surface area contributed by atoms with Crippen molar-refractivity contribution < 1.29 is 13.9 Å². The lowest BCUT2D eigenvalue weighted by atomic mass is 10.2. The summed E-state index contributed by atoms with van der Waals surface area (Å²) in [7, 11) is 0. The number of carbonyl (C=O) groups is 1. The largest absolute Gasteiger partial charge is 0.489 e. The molecule has 1 heterocycles. The van der Waals surface area contributed by atoms with Crippen LogP contribution < -0.4 is 10.5 Å². The van der Waals surface area contributed by atoms with Crippen molar-refractivity contribution in [1.29, 1.82) is 0 Å². The number of rotatable bonds is 4. The van der Waals surface area contributed by atoms with Crippen LogP contribution in [0.25, 0.3) is 0 Å². The molecule has 0 saturated carbocycles. The lowest BCUT2D eigenvalue weighted by Gasteiger charge is -2.05. The first kappa shape index (κ1) is 15.8. The normalized spacial score (nSPS) is 9.60. The summed E-state index contributed by atoms with van der Waals surface area (Å²) in [6.45, 7) is 8.15. The van der Waals surface area contributed by atoms with E-state index < -0.39 is 5.91 Å². The standard InChI is InChI=1S/C14H15NO3.C2H6/c1-9-3-5-12(6-4-9)17-8-11-7-13(14(15)16)18-10(11)2;1-2/h3-7H,8H2,1-2H3,(H2,15,16);1-2H3. The first-order chi connectivity index (χ1) is 9.56. The van der Waals surface area contributed by atoms with Crippen LogP contribution in [0, 0.1) is 13.8 Å². The second-order valence-electron chi connectivity index (χ2n) is 4.16. The molecule has 4 heteroatoms. The average molecular weight is 275 g/mol. The van der Waals surface area contributed by atoms with Gasteiger partial charge in [0.1, 0.15) is 18.1 Å². The molecule has 0 bridgehead atoms. The first-order valence-corrected chi connectivity index (χ1v) is 6.65. The summed E-state index contributed by atoms with van der Waals surface area (Å²) in [5.41, 5.74) is 7.15. The summed E-state index contributed by atoms with van der Waals surface area (Å²) >= 11 is 0. The SMILES string of the molecule is CC.Cc1ccc(OCc2cc(C(N)=O)oc2C)cc1. The van der Waals surface area contributed by atoms with E-state index in [0.29, 0.717) is 12.4 Å². The van der Waals surface area contributed by atoms with Gasteiger partial charge >= 0.3 is 0 Å². The molecular weight excluding hydrogens is 254 g/mol. The molecule has 4 nitrogen and oxygen atoms in total. The van der Waals surface area contributed by atoms with Crippen LogP contribution in [0.4, 0.5) is 0 Å². The van der Waals surface area contributed by atoms with Gasteiger partial charge in [0.15, 0.2) is 5.76 Å². The topological polar surface area (TPSA) is 65.5 Å². The van der Waals surface area contributed by atoms with E-state index in [2.05, 4.69) is 0 Å². The molecule has 0 aliphatic heterocycles. The molecule has 2 rings (SSSR count). The van der Waals surface area contributed by atoms with Crippen molar-refractivity contribution in [2.75, 3.05) is 0 Å². The number of primary amides is 1. The Bertz CT molecular complexity index is 556. The summed E-state index contributed by atoms with van der Waals surface area (Å²) in [4.78, 5) is 11.0. The van der Waals surface area contributed by atoms with Gasteiger partial charge < -0.3 is 14.9 Å². The van der Waals surface area contributed by atoms with Crippen molar-refractivity contribution in [2.24, 2.45) is 5.73 Å². The molecule has 1 aromatic heterocycles. The minimum atomic E-state index is -0.570. The maximum absolute atomic E-state index is 11.0. The molecule has 20 heavy (non-hydrogen) atoms. The van der Waals surface area contributed by atoms with Gasteiger partial charge in [-0.1, -0.05) is 31.5 Å². The van der Waals surface area contributed by atoms with Gasteiger partial charge in [-0.25, -0.2) is 0 Å². The third-order valence-corrected chi connectivity index (χ3v) is 2.68. The second kappa shape index (κ2) is 7.38. The Morgan fingerprint density at radius 2 is 1.80 bits per heavy atom. The molecule has 0 spiro atoms. The number of amides is 1. The average Bonchev–Trinajstić information content (AvgIpc) is 2.82. The molecule has 0 radical (unpaired) electrons. The smallest absolute Gasteiger partial charge is 0.284 e. The summed E-state index contributed by atoms with van der Waals surface area (Å²) in [6, 6.07) is 9.38. The van der Waals surface area contributed by atoms with Gasteiger partial charge in [-0.3, -0.25) is 4.79 Å². The monoisotopic (exact) mass is 275 g/mol. The number of hydrogen-bond acceptors (Lipinski definition) is 3. The fourth-order valence-corrected chi connectivity index (χ4v) is 1.58. The molecule has 108 valence electrons. The third kappa shape index (κ3) is 4.16. The van der Waals surface area contributed by atoms with E-state index in [-0.39, 0.29) is 5.76 Å². The Labute approximate surface area is 119 Å². The zero-order chi connectivity index (χ0) is 15.1. The number of furan rings is 1. The molecule has 0 aliphatic carbocycles. The highest BCUT2D eigenvalue weighted by molar-refractivity contribution is 5.90. The number of nitrogens with two attached hydrogens (primary N) is 1. The van der Waals surface area contributed by atoms with Crippen LogP contribution >= 0.6 is 0 Å². The highest BCUT2D eigenvalue weighted by Crippen LogP contribution is 2.18. The van der Waals surface area contributed by atoms with Gasteiger partial charge in [0.25, 0.3) is 5.91 Å². The Morgan fingerprint density at radius 1 is 1.20 bits per heavy atom. The second-order valence-corrected chi connectivity index (χ2v) is 4.16. The highest BCUT2D eigenvalue weighted by atomic mass is 16.5. The van der Waals surface area contributed by atoms with Crippen LogP contribution in [-0.2, 0) is 6.61 Å². The Kier molecular flexibility index (Phi) is 5.84. The molecule has 1 aromatic carbocycles. The van der Waals surface area contributed by atoms with Gasteiger partial charge in [-0.2, -0.15) is 0 Å². The van der Waals surface area contributed by atoms with E-state index in [1.807, 2.05) is 45.0 Å². The number of benzene rings is 1. The minimum Gasteiger partial charge on any atom is -0.489 e. The lowest BCUT2D eigenvalue weighted by molar-refractivity contribution is 0.0972. The Morgan fingerprint density at radius 3 is 2.30 bits per heavy atom. The fraction of sp³-hybridized carbons (Fsp3) is 0.312. The molecule has 1 amide bonds. The molecule has 0 fully saturated rings. The van der Waals surface area contributed by atoms with E-state index >= 15 is 0 Å². The summed E-state index contributed by atoms with van der Waals surface area (Å²) < 4.78 is 10.8. The van der Waals surface area contributed by atoms with Crippen LogP contribution in [0.1, 0.15) is 41.3 Å². The molecule has 0 atom stereocenters. The molecule has 0 unspecified atom stereocenters. The quantitative estimate of drug-likeness (QED) is 0.927. The van der Waals surface area contributed by atoms with E-state index in [0.717, 1.165) is 11.3 Å². The summed E-state index contributed by atoms with van der Waals surface area (Å²) in [6.07, 6.45) is 0. The summed E-state index contributed by atoms with van der Waals surface area (Å²) in [5, 5.41) is 0. The Hall–Kier alpha value is -2.23. The zero-order valence-electron chi connectivity index (χ0n) is 12.4. The van der Waals surface area contributed by atoms with Crippen LogP contribution in [-0.4, -0.2) is 5.91 Å². The molecule has 0 aliphatic rings. The maximum atomic E-state index is 11.0. The van der Waals surface area contributed by atoms with Crippen molar-refractivity contribution in [3.05, 3.63) is 53.0 Å². The number of ether oxygens (including phenoxy) is 1. The molecule has 0 saturated heterocycles. The van der Waals surface area contributed by atoms with Crippen molar-refractivity contribution in [3.63, 3.8) is 0 Å². The van der Waals surface area contributed by atoms with Gasteiger partial charge in [-0.15, -0.1) is 0 Å². The van der Waals surface area contributed by atoms with Crippen LogP contribution in [0.2, 0.25) is 0 Å². The van der Waals surface area contributed by atoms with Crippen molar-refractivity contribution in [3.8, 4) is 5.75 Å². The predicted octanol–water partition coefficient (Wildman–Crippen LogP) is 3.60. The van der Waals surface area contributed by atoms with E-state index in [1.165, 1.54) is 5.56 Å². The predicted molar refractivity (Wildman–Crippen MR) is 78.8 cm³/mol. The maximum Gasteiger partial charge on any atom is 0.284 e. The van der Waals surface area contributed by atoms with E-state index in [9.17, 15) is 4.79 Å². The fourth-order valence-electron chi connectivity index (χ4n) is 1.58. The van der Waals surface area contributed by atoms with E-state index in [4.69, 9.17) is 14.9 Å². The number of hydrogen-bond donors (Lipinski definition) is 1. The number of aryl methyl sites for hydroxylation is 2. The van der Waals surface area contributed by atoms with E-state index in [1.54, 1.807) is 13.0 Å². The third-order valence-electron chi connectivity index (χ3n) is 2.68.